The number of carboxylic acid groups (broad SMARTS) is 1. The predicted octanol–water partition coefficient (Wildman–Crippen LogP) is -1.96. The lowest BCUT2D eigenvalue weighted by molar-refractivity contribution is -0.662. The maximum absolute atomic E-state index is 13.1. The number of nitrogens with two attached hydrogens (primary N) is 2. The summed E-state index contributed by atoms with van der Waals surface area (Å²) in [6.07, 6.45) is 3.10. The number of carboxylic acids is 1. The van der Waals surface area contributed by atoms with Gasteiger partial charge in [0.1, 0.15) is 23.7 Å². The Morgan fingerprint density at radius 3 is 2.85 bits per heavy atom. The van der Waals surface area contributed by atoms with Crippen LogP contribution in [0, 0.1) is 0 Å². The second kappa shape index (κ2) is 11.4. The quantitative estimate of drug-likeness (QED) is 0.0732. The largest absolute Gasteiger partial charge is 0.477 e. The molecule has 41 heavy (non-hydrogen) atoms. The summed E-state index contributed by atoms with van der Waals surface area (Å²) in [4.78, 5) is 59.5. The van der Waals surface area contributed by atoms with E-state index < -0.39 is 47.7 Å². The summed E-state index contributed by atoms with van der Waals surface area (Å²) in [5, 5.41) is 22.1. The van der Waals surface area contributed by atoms with E-state index in [1.807, 2.05) is 0 Å². The summed E-state index contributed by atoms with van der Waals surface area (Å²) in [7, 11) is 0. The molecule has 7 N–H and O–H groups in total. The van der Waals surface area contributed by atoms with E-state index in [0.717, 1.165) is 16.4 Å². The van der Waals surface area contributed by atoms with Crippen LogP contribution in [-0.4, -0.2) is 89.0 Å². The molecular formula is C21H21FN11O6S2+. The number of rotatable bonds is 10. The van der Waals surface area contributed by atoms with Gasteiger partial charge in [0.05, 0.1) is 12.7 Å². The molecule has 0 radical (unpaired) electrons. The molecule has 20 heteroatoms. The molecule has 3 aromatic rings. The number of hydrogen-bond donors (Lipinski definition) is 5. The SMILES string of the molecule is NCC(=O)Nc1c[n+](CC2=C(C(=O)O)N3C(=O)[C@@H](NC(=O)/C(=N\OCF)c4nsc(N)n4)[C@H]3SC2)c2cccnn12. The van der Waals surface area contributed by atoms with Crippen molar-refractivity contribution in [2.45, 2.75) is 18.0 Å². The van der Waals surface area contributed by atoms with Crippen molar-refractivity contribution in [1.82, 2.24) is 29.2 Å². The van der Waals surface area contributed by atoms with Crippen LogP contribution in [0.25, 0.3) is 5.65 Å². The van der Waals surface area contributed by atoms with Gasteiger partial charge < -0.3 is 26.7 Å². The van der Waals surface area contributed by atoms with Gasteiger partial charge in [-0.05, 0) is 6.07 Å². The van der Waals surface area contributed by atoms with Gasteiger partial charge in [0.15, 0.2) is 11.3 Å². The van der Waals surface area contributed by atoms with Gasteiger partial charge in [-0.2, -0.15) is 9.36 Å². The maximum Gasteiger partial charge on any atom is 0.352 e. The smallest absolute Gasteiger partial charge is 0.352 e. The van der Waals surface area contributed by atoms with Crippen LogP contribution in [0.5, 0.6) is 0 Å². The number of carbonyl (C=O) groups excluding carboxylic acids is 3. The number of aromatic nitrogens is 5. The number of amides is 3. The molecular weight excluding hydrogens is 585 g/mol. The molecule has 5 rings (SSSR count). The van der Waals surface area contributed by atoms with Gasteiger partial charge >= 0.3 is 11.6 Å². The first-order valence-electron chi connectivity index (χ1n) is 11.7. The Bertz CT molecular complexity index is 1620. The fourth-order valence-electron chi connectivity index (χ4n) is 4.27. The van der Waals surface area contributed by atoms with Crippen LogP contribution in [0.2, 0.25) is 0 Å². The first-order valence-corrected chi connectivity index (χ1v) is 13.5. The zero-order valence-electron chi connectivity index (χ0n) is 20.8. The van der Waals surface area contributed by atoms with Gasteiger partial charge in [-0.25, -0.2) is 13.8 Å². The molecule has 0 bridgehead atoms. The normalized spacial score (nSPS) is 18.6. The molecule has 3 aromatic heterocycles. The number of thioether (sulfide) groups is 1. The van der Waals surface area contributed by atoms with E-state index in [2.05, 4.69) is 35.1 Å². The third-order valence-electron chi connectivity index (χ3n) is 5.95. The zero-order chi connectivity index (χ0) is 29.3. The molecule has 0 aromatic carbocycles. The molecule has 0 unspecified atom stereocenters. The fourth-order valence-corrected chi connectivity index (χ4v) is 6.04. The summed E-state index contributed by atoms with van der Waals surface area (Å²) >= 11 is 2.01. The lowest BCUT2D eigenvalue weighted by Gasteiger charge is -2.49. The van der Waals surface area contributed by atoms with Gasteiger partial charge in [0, 0.05) is 28.9 Å². The second-order valence-electron chi connectivity index (χ2n) is 8.44. The summed E-state index contributed by atoms with van der Waals surface area (Å²) in [6, 6.07) is 2.29. The Kier molecular flexibility index (Phi) is 7.77. The molecule has 3 amide bonds. The van der Waals surface area contributed by atoms with E-state index in [0.29, 0.717) is 17.0 Å². The number of nitrogen functional groups attached to an aromatic ring is 1. The second-order valence-corrected chi connectivity index (χ2v) is 10.3. The number of alkyl halides is 1. The number of hydrogen-bond acceptors (Lipinski definition) is 13. The van der Waals surface area contributed by atoms with Crippen molar-refractivity contribution >= 4 is 69.3 Å². The van der Waals surface area contributed by atoms with Crippen molar-refractivity contribution in [2.24, 2.45) is 10.9 Å². The Morgan fingerprint density at radius 2 is 2.17 bits per heavy atom. The monoisotopic (exact) mass is 606 g/mol. The van der Waals surface area contributed by atoms with Gasteiger partial charge in [-0.15, -0.1) is 11.8 Å². The molecule has 2 aliphatic heterocycles. The van der Waals surface area contributed by atoms with Crippen molar-refractivity contribution in [3.05, 3.63) is 41.6 Å². The number of aliphatic carboxylic acids is 1. The van der Waals surface area contributed by atoms with Crippen LogP contribution in [-0.2, 0) is 30.6 Å². The van der Waals surface area contributed by atoms with Crippen LogP contribution < -0.4 is 26.7 Å². The number of halogens is 1. The highest BCUT2D eigenvalue weighted by Crippen LogP contribution is 2.40. The molecule has 0 saturated carbocycles. The number of anilines is 2. The minimum absolute atomic E-state index is 0.0248. The number of nitrogens with zero attached hydrogens (tertiary/aromatic N) is 7. The van der Waals surface area contributed by atoms with Gasteiger partial charge in [-0.3, -0.25) is 24.6 Å². The molecule has 2 atom stereocenters. The van der Waals surface area contributed by atoms with E-state index in [1.54, 1.807) is 22.9 Å². The highest BCUT2D eigenvalue weighted by molar-refractivity contribution is 8.00. The fraction of sp³-hybridized carbons (Fsp3) is 0.286. The van der Waals surface area contributed by atoms with Crippen molar-refractivity contribution < 1.29 is 38.1 Å². The van der Waals surface area contributed by atoms with Crippen molar-refractivity contribution in [1.29, 1.82) is 0 Å². The summed E-state index contributed by atoms with van der Waals surface area (Å²) in [6.45, 7) is -1.51. The van der Waals surface area contributed by atoms with Crippen LogP contribution in [0.3, 0.4) is 0 Å². The summed E-state index contributed by atoms with van der Waals surface area (Å²) in [5.41, 5.74) is 11.2. The van der Waals surface area contributed by atoms with E-state index in [-0.39, 0.29) is 35.5 Å². The first-order chi connectivity index (χ1) is 19.7. The number of nitrogens with one attached hydrogen (secondary N) is 2. The first kappa shape index (κ1) is 27.9. The van der Waals surface area contributed by atoms with Crippen molar-refractivity contribution in [3.8, 4) is 0 Å². The predicted molar refractivity (Wildman–Crippen MR) is 141 cm³/mol. The van der Waals surface area contributed by atoms with Crippen LogP contribution in [0.4, 0.5) is 15.3 Å². The Balaban J connectivity index is 1.39. The van der Waals surface area contributed by atoms with Crippen molar-refractivity contribution in [2.75, 3.05) is 30.2 Å². The van der Waals surface area contributed by atoms with E-state index >= 15 is 0 Å². The molecule has 17 nitrogen and oxygen atoms in total. The lowest BCUT2D eigenvalue weighted by Crippen LogP contribution is -2.71. The highest BCUT2D eigenvalue weighted by Gasteiger charge is 2.54. The van der Waals surface area contributed by atoms with Gasteiger partial charge in [-0.1, -0.05) is 14.8 Å². The minimum Gasteiger partial charge on any atom is -0.477 e. The summed E-state index contributed by atoms with van der Waals surface area (Å²) < 4.78 is 19.6. The van der Waals surface area contributed by atoms with Crippen LogP contribution in [0.1, 0.15) is 5.82 Å². The molecule has 1 fully saturated rings. The average molecular weight is 607 g/mol. The third-order valence-corrected chi connectivity index (χ3v) is 7.84. The average Bonchev–Trinajstić information content (AvgIpc) is 3.54. The molecule has 214 valence electrons. The summed E-state index contributed by atoms with van der Waals surface area (Å²) in [5.74, 6) is -3.08. The van der Waals surface area contributed by atoms with Gasteiger partial charge in [0.25, 0.3) is 24.5 Å². The number of carbonyl (C=O) groups is 4. The number of oxime groups is 1. The van der Waals surface area contributed by atoms with E-state index in [4.69, 9.17) is 11.5 Å². The molecule has 0 aliphatic carbocycles. The minimum atomic E-state index is -1.33. The number of fused-ring (bicyclic) bond motifs is 2. The zero-order valence-corrected chi connectivity index (χ0v) is 22.4. The molecule has 5 heterocycles. The topological polar surface area (TPSA) is 236 Å². The molecule has 2 aliphatic rings. The Hall–Kier alpha value is -4.69. The maximum atomic E-state index is 13.1. The molecule has 0 spiro atoms. The van der Waals surface area contributed by atoms with Crippen molar-refractivity contribution in [3.63, 3.8) is 0 Å². The number of imidazole rings is 1. The standard InChI is InChI=1S/C21H20FN11O6S2/c22-8-39-29-13(16-28-21(24)41-30-16)17(35)27-14-18(36)32-15(20(37)38)9(7-40-19(14)32)5-31-6-10(26-11(34)4-23)33-12(31)2-1-3-25-33/h1-3,6,14,19H,4-5,7-8,23H2,(H4-,24,25,26,27,28,30,34,35,37,38)/p+1/b29-13-/t14-,19-/m1/s1. The van der Waals surface area contributed by atoms with Crippen LogP contribution >= 0.6 is 23.3 Å². The van der Waals surface area contributed by atoms with E-state index in [1.165, 1.54) is 22.5 Å². The Labute approximate surface area is 237 Å². The number of β-lactam (4-membered cyclic amide) rings is 1. The van der Waals surface area contributed by atoms with E-state index in [9.17, 15) is 28.7 Å². The van der Waals surface area contributed by atoms with Crippen LogP contribution in [0.15, 0.2) is 41.0 Å². The van der Waals surface area contributed by atoms with Gasteiger partial charge in [0.2, 0.25) is 17.4 Å². The Morgan fingerprint density at radius 1 is 1.37 bits per heavy atom. The third kappa shape index (κ3) is 5.26. The lowest BCUT2D eigenvalue weighted by atomic mass is 10.0. The highest BCUT2D eigenvalue weighted by atomic mass is 32.2. The molecule has 1 saturated heterocycles.